The van der Waals surface area contributed by atoms with Gasteiger partial charge >= 0.3 is 0 Å². The van der Waals surface area contributed by atoms with Crippen LogP contribution in [0, 0.1) is 0 Å². The van der Waals surface area contributed by atoms with Crippen LogP contribution in [0.25, 0.3) is 0 Å². The van der Waals surface area contributed by atoms with Crippen molar-refractivity contribution in [3.05, 3.63) is 58.7 Å². The average Bonchev–Trinajstić information content (AvgIpc) is 2.66. The number of hydrogen-bond acceptors (Lipinski definition) is 0. The first-order chi connectivity index (χ1) is 13.0. The highest BCUT2D eigenvalue weighted by atomic mass is 31.1. The molecule has 0 aromatic heterocycles. The molecule has 148 valence electrons. The second-order valence-corrected chi connectivity index (χ2v) is 11.5. The van der Waals surface area contributed by atoms with Gasteiger partial charge in [0, 0.05) is 0 Å². The molecule has 0 bridgehead atoms. The third-order valence-electron chi connectivity index (χ3n) is 5.27. The highest BCUT2D eigenvalue weighted by Gasteiger charge is 2.12. The third-order valence-corrected chi connectivity index (χ3v) is 7.97. The van der Waals surface area contributed by atoms with Crippen molar-refractivity contribution < 1.29 is 0 Å². The van der Waals surface area contributed by atoms with Gasteiger partial charge in [-0.2, -0.15) is 0 Å². The van der Waals surface area contributed by atoms with E-state index in [1.165, 1.54) is 28.7 Å². The van der Waals surface area contributed by atoms with Gasteiger partial charge in [-0.15, -0.1) is 0 Å². The normalized spacial score (nSPS) is 14.4. The minimum absolute atomic E-state index is 0.768. The Morgan fingerprint density at radius 1 is 0.556 bits per heavy atom. The maximum atomic E-state index is 2.45. The van der Waals surface area contributed by atoms with E-state index in [2.05, 4.69) is 77.9 Å². The van der Waals surface area contributed by atoms with Crippen LogP contribution in [-0.4, -0.2) is 11.3 Å². The molecule has 4 unspecified atom stereocenters. The molecule has 27 heavy (non-hydrogen) atoms. The third kappa shape index (κ3) is 7.33. The van der Waals surface area contributed by atoms with Gasteiger partial charge in [-0.3, -0.25) is 0 Å². The van der Waals surface area contributed by atoms with Crippen molar-refractivity contribution in [2.24, 2.45) is 0 Å². The Bertz CT molecular complexity index is 614. The van der Waals surface area contributed by atoms with Crippen LogP contribution in [0.4, 0.5) is 0 Å². The fraction of sp³-hybridized carbons (Fsp3) is 0.520. The van der Waals surface area contributed by atoms with Crippen molar-refractivity contribution in [1.82, 2.24) is 0 Å². The molecule has 0 spiro atoms. The number of benzene rings is 2. The molecule has 0 saturated heterocycles. The van der Waals surface area contributed by atoms with Crippen LogP contribution in [0.2, 0.25) is 0 Å². The molecule has 2 rings (SSSR count). The van der Waals surface area contributed by atoms with Crippen LogP contribution >= 0.6 is 17.2 Å². The summed E-state index contributed by atoms with van der Waals surface area (Å²) in [5, 5.41) is 3.13. The lowest BCUT2D eigenvalue weighted by atomic mass is 10.1. The molecule has 0 nitrogen and oxygen atoms in total. The van der Waals surface area contributed by atoms with Crippen LogP contribution in [-0.2, 0) is 25.7 Å². The Balaban J connectivity index is 1.98. The van der Waals surface area contributed by atoms with Gasteiger partial charge in [-0.25, -0.2) is 0 Å². The summed E-state index contributed by atoms with van der Waals surface area (Å²) in [6, 6.07) is 14.5. The van der Waals surface area contributed by atoms with E-state index in [0.717, 1.165) is 54.2 Å². The summed E-state index contributed by atoms with van der Waals surface area (Å²) < 4.78 is 0. The molecule has 2 heteroatoms. The molecule has 4 atom stereocenters. The van der Waals surface area contributed by atoms with Crippen molar-refractivity contribution in [3.63, 3.8) is 0 Å². The zero-order valence-electron chi connectivity index (χ0n) is 18.2. The number of aryl methyl sites for hydroxylation is 4. The lowest BCUT2D eigenvalue weighted by Crippen LogP contribution is -2.12. The van der Waals surface area contributed by atoms with Gasteiger partial charge in [-0.1, -0.05) is 95.1 Å². The number of rotatable bonds is 10. The lowest BCUT2D eigenvalue weighted by Gasteiger charge is -2.19. The molecule has 0 radical (unpaired) electrons. The van der Waals surface area contributed by atoms with Gasteiger partial charge < -0.3 is 0 Å². The SMILES string of the molecule is CCc1cc(CC)cc(PC(C)CC(C)Pc2cc(CC)cc(CC)c2)c1. The zero-order chi connectivity index (χ0) is 19.8. The van der Waals surface area contributed by atoms with Crippen molar-refractivity contribution in [1.29, 1.82) is 0 Å². The van der Waals surface area contributed by atoms with Gasteiger partial charge in [0.05, 0.1) is 0 Å². The van der Waals surface area contributed by atoms with Crippen LogP contribution in [0.5, 0.6) is 0 Å². The molecule has 0 aliphatic heterocycles. The highest BCUT2D eigenvalue weighted by Crippen LogP contribution is 2.30. The lowest BCUT2D eigenvalue weighted by molar-refractivity contribution is 0.799. The molecular weight excluding hydrogens is 362 g/mol. The smallest absolute Gasteiger partial charge is 0.0219 e. The van der Waals surface area contributed by atoms with Crippen molar-refractivity contribution in [2.75, 3.05) is 0 Å². The Morgan fingerprint density at radius 2 is 0.852 bits per heavy atom. The second kappa shape index (κ2) is 11.3. The summed E-state index contributed by atoms with van der Waals surface area (Å²) in [5.74, 6) is 0. The number of hydrogen-bond donors (Lipinski definition) is 0. The summed E-state index contributed by atoms with van der Waals surface area (Å²) in [6.07, 6.45) is 5.90. The van der Waals surface area contributed by atoms with E-state index >= 15 is 0 Å². The first kappa shape index (κ1) is 22.6. The van der Waals surface area contributed by atoms with Gasteiger partial charge in [-0.05, 0) is 76.3 Å². The Hall–Kier alpha value is -0.700. The van der Waals surface area contributed by atoms with E-state index < -0.39 is 0 Å². The monoisotopic (exact) mass is 400 g/mol. The predicted octanol–water partition coefficient (Wildman–Crippen LogP) is 6.41. The average molecular weight is 401 g/mol. The van der Waals surface area contributed by atoms with Crippen molar-refractivity contribution >= 4 is 27.8 Å². The first-order valence-electron chi connectivity index (χ1n) is 10.8. The standard InChI is InChI=1S/C25H38P2/c1-7-20-12-21(8-2)15-24(14-20)26-18(5)11-19(6)27-25-16-22(9-3)13-23(10-4)17-25/h12-19,26-27H,7-11H2,1-6H3. The molecule has 2 aromatic carbocycles. The molecule has 0 amide bonds. The van der Waals surface area contributed by atoms with E-state index in [0.29, 0.717) is 0 Å². The maximum Gasteiger partial charge on any atom is -0.0219 e. The molecular formula is C25H38P2. The second-order valence-electron chi connectivity index (χ2n) is 7.82. The quantitative estimate of drug-likeness (QED) is 0.404. The maximum absolute atomic E-state index is 2.45. The van der Waals surface area contributed by atoms with Gasteiger partial charge in [0.15, 0.2) is 0 Å². The topological polar surface area (TPSA) is 0 Å². The van der Waals surface area contributed by atoms with Gasteiger partial charge in [0.2, 0.25) is 0 Å². The molecule has 0 aliphatic rings. The fourth-order valence-electron chi connectivity index (χ4n) is 3.73. The van der Waals surface area contributed by atoms with Crippen molar-refractivity contribution in [2.45, 2.75) is 85.0 Å². The Kier molecular flexibility index (Phi) is 9.48. The molecule has 0 heterocycles. The van der Waals surface area contributed by atoms with Crippen LogP contribution in [0.1, 0.15) is 70.2 Å². The molecule has 0 N–H and O–H groups in total. The van der Waals surface area contributed by atoms with E-state index in [9.17, 15) is 0 Å². The van der Waals surface area contributed by atoms with E-state index in [1.54, 1.807) is 10.6 Å². The molecule has 0 saturated carbocycles. The summed E-state index contributed by atoms with van der Waals surface area (Å²) in [4.78, 5) is 0. The van der Waals surface area contributed by atoms with Crippen LogP contribution in [0.15, 0.2) is 36.4 Å². The summed E-state index contributed by atoms with van der Waals surface area (Å²) >= 11 is 0. The largest absolute Gasteiger partial charge is 0.0874 e. The molecule has 2 aromatic rings. The molecule has 0 fully saturated rings. The van der Waals surface area contributed by atoms with E-state index in [-0.39, 0.29) is 0 Å². The van der Waals surface area contributed by atoms with Crippen molar-refractivity contribution in [3.8, 4) is 0 Å². The van der Waals surface area contributed by atoms with Crippen LogP contribution in [0.3, 0.4) is 0 Å². The van der Waals surface area contributed by atoms with Gasteiger partial charge in [0.25, 0.3) is 0 Å². The van der Waals surface area contributed by atoms with E-state index in [1.807, 2.05) is 0 Å². The summed E-state index contributed by atoms with van der Waals surface area (Å²) in [6.45, 7) is 14.0. The Labute approximate surface area is 171 Å². The summed E-state index contributed by atoms with van der Waals surface area (Å²) in [7, 11) is 1.86. The van der Waals surface area contributed by atoms with Crippen LogP contribution < -0.4 is 10.6 Å². The first-order valence-corrected chi connectivity index (χ1v) is 12.9. The molecule has 0 aliphatic carbocycles. The fourth-order valence-corrected chi connectivity index (χ4v) is 7.12. The predicted molar refractivity (Wildman–Crippen MR) is 130 cm³/mol. The minimum atomic E-state index is 0.768. The minimum Gasteiger partial charge on any atom is -0.0874 e. The van der Waals surface area contributed by atoms with E-state index in [4.69, 9.17) is 0 Å². The Morgan fingerprint density at radius 3 is 1.11 bits per heavy atom. The summed E-state index contributed by atoms with van der Waals surface area (Å²) in [5.41, 5.74) is 7.54. The highest BCUT2D eigenvalue weighted by molar-refractivity contribution is 7.49. The zero-order valence-corrected chi connectivity index (χ0v) is 20.2. The van der Waals surface area contributed by atoms with Gasteiger partial charge in [0.1, 0.15) is 0 Å².